The van der Waals surface area contributed by atoms with Gasteiger partial charge in [-0.15, -0.1) is 0 Å². The molecule has 1 heterocycles. The van der Waals surface area contributed by atoms with Crippen molar-refractivity contribution in [1.82, 2.24) is 14.5 Å². The number of rotatable bonds is 6. The van der Waals surface area contributed by atoms with Crippen LogP contribution in [-0.2, 0) is 6.54 Å². The van der Waals surface area contributed by atoms with Crippen molar-refractivity contribution in [2.24, 2.45) is 0 Å². The smallest absolute Gasteiger partial charge is 0.313 e. The highest BCUT2D eigenvalue weighted by molar-refractivity contribution is 5.93. The van der Waals surface area contributed by atoms with Crippen molar-refractivity contribution >= 4 is 5.78 Å². The maximum Gasteiger partial charge on any atom is 0.328 e. The van der Waals surface area contributed by atoms with E-state index in [4.69, 9.17) is 0 Å². The van der Waals surface area contributed by atoms with Gasteiger partial charge in [-0.25, -0.2) is 4.79 Å². The Kier molecular flexibility index (Phi) is 5.03. The number of ketones is 1. The van der Waals surface area contributed by atoms with E-state index in [1.54, 1.807) is 0 Å². The Morgan fingerprint density at radius 2 is 2.00 bits per heavy atom. The minimum atomic E-state index is -0.504. The zero-order valence-electron chi connectivity index (χ0n) is 11.0. The van der Waals surface area contributed by atoms with Crippen molar-refractivity contribution in [2.45, 2.75) is 26.3 Å². The molecule has 6 nitrogen and oxygen atoms in total. The third kappa shape index (κ3) is 3.66. The fourth-order valence-electron chi connectivity index (χ4n) is 1.66. The van der Waals surface area contributed by atoms with Crippen molar-refractivity contribution in [3.63, 3.8) is 0 Å². The molecule has 0 aromatic carbocycles. The fraction of sp³-hybridized carbons (Fsp3) is 0.583. The van der Waals surface area contributed by atoms with E-state index in [9.17, 15) is 14.4 Å². The minimum Gasteiger partial charge on any atom is -0.313 e. The molecule has 0 spiro atoms. The molecule has 0 aliphatic heterocycles. The number of H-pyrrole nitrogens is 1. The molecule has 0 fully saturated rings. The number of carbonyl (C=O) groups excluding carboxylic acids is 1. The van der Waals surface area contributed by atoms with E-state index in [0.717, 1.165) is 24.0 Å². The van der Waals surface area contributed by atoms with Gasteiger partial charge in [0.1, 0.15) is 0 Å². The Bertz CT molecular complexity index is 528. The van der Waals surface area contributed by atoms with Gasteiger partial charge in [0, 0.05) is 12.7 Å². The summed E-state index contributed by atoms with van der Waals surface area (Å²) in [6.45, 7) is 2.55. The summed E-state index contributed by atoms with van der Waals surface area (Å²) in [6.07, 6.45) is 2.80. The molecule has 1 aromatic heterocycles. The Hall–Kier alpha value is -1.69. The maximum atomic E-state index is 11.9. The van der Waals surface area contributed by atoms with Gasteiger partial charge in [-0.1, -0.05) is 0 Å². The molecule has 100 valence electrons. The largest absolute Gasteiger partial charge is 0.328 e. The molecule has 0 saturated carbocycles. The predicted octanol–water partition coefficient (Wildman–Crippen LogP) is 0.0810. The van der Waals surface area contributed by atoms with Crippen LogP contribution in [0.25, 0.3) is 0 Å². The molecule has 1 aromatic rings. The summed E-state index contributed by atoms with van der Waals surface area (Å²) in [7, 11) is 3.94. The highest BCUT2D eigenvalue weighted by Crippen LogP contribution is 1.94. The van der Waals surface area contributed by atoms with Gasteiger partial charge in [0.05, 0.1) is 5.56 Å². The molecular formula is C12H19N3O3. The molecule has 0 unspecified atom stereocenters. The van der Waals surface area contributed by atoms with Crippen LogP contribution in [0.5, 0.6) is 0 Å². The van der Waals surface area contributed by atoms with Gasteiger partial charge >= 0.3 is 5.69 Å². The number of unbranched alkanes of at least 4 members (excludes halogenated alkanes) is 1. The summed E-state index contributed by atoms with van der Waals surface area (Å²) >= 11 is 0. The average molecular weight is 253 g/mol. The minimum absolute atomic E-state index is 0.0298. The lowest BCUT2D eigenvalue weighted by atomic mass is 10.2. The van der Waals surface area contributed by atoms with Crippen LogP contribution >= 0.6 is 0 Å². The van der Waals surface area contributed by atoms with Crippen molar-refractivity contribution in [2.75, 3.05) is 20.6 Å². The monoisotopic (exact) mass is 253 g/mol. The van der Waals surface area contributed by atoms with Gasteiger partial charge in [-0.3, -0.25) is 14.2 Å². The van der Waals surface area contributed by atoms with Crippen LogP contribution < -0.4 is 11.2 Å². The van der Waals surface area contributed by atoms with E-state index in [1.807, 2.05) is 19.0 Å². The Balaban J connectivity index is 2.82. The first-order valence-corrected chi connectivity index (χ1v) is 5.91. The predicted molar refractivity (Wildman–Crippen MR) is 69.1 cm³/mol. The third-order valence-electron chi connectivity index (χ3n) is 2.68. The van der Waals surface area contributed by atoms with Crippen LogP contribution in [0.1, 0.15) is 30.1 Å². The van der Waals surface area contributed by atoms with Gasteiger partial charge in [-0.2, -0.15) is 0 Å². The van der Waals surface area contributed by atoms with Crippen molar-refractivity contribution in [3.05, 3.63) is 32.6 Å². The Morgan fingerprint density at radius 3 is 2.56 bits per heavy atom. The van der Waals surface area contributed by atoms with Gasteiger partial charge in [0.25, 0.3) is 5.56 Å². The van der Waals surface area contributed by atoms with Crippen LogP contribution in [0, 0.1) is 0 Å². The van der Waals surface area contributed by atoms with Crippen LogP contribution in [0.4, 0.5) is 0 Å². The number of nitrogens with one attached hydrogen (secondary N) is 1. The molecule has 1 rings (SSSR count). The van der Waals surface area contributed by atoms with E-state index < -0.39 is 11.2 Å². The summed E-state index contributed by atoms with van der Waals surface area (Å²) < 4.78 is 1.09. The van der Waals surface area contributed by atoms with Crippen molar-refractivity contribution in [3.8, 4) is 0 Å². The van der Waals surface area contributed by atoms with Crippen LogP contribution in [0.2, 0.25) is 0 Å². The molecule has 6 heteroatoms. The number of nitrogens with zero attached hydrogens (tertiary/aromatic N) is 2. The topological polar surface area (TPSA) is 75.2 Å². The summed E-state index contributed by atoms with van der Waals surface area (Å²) in [5, 5.41) is 0. The van der Waals surface area contributed by atoms with Gasteiger partial charge < -0.3 is 9.88 Å². The molecule has 0 saturated heterocycles. The first kappa shape index (κ1) is 14.4. The molecule has 18 heavy (non-hydrogen) atoms. The summed E-state index contributed by atoms with van der Waals surface area (Å²) in [5.41, 5.74) is -0.937. The molecule has 0 bridgehead atoms. The lowest BCUT2D eigenvalue weighted by Gasteiger charge is -2.09. The standard InChI is InChI=1S/C12H19N3O3/c1-9(16)10-8-13-12(18)15(11(10)17)7-5-4-6-14(2)3/h8H,4-7H2,1-3H3,(H,13,18). The van der Waals surface area contributed by atoms with Crippen LogP contribution in [-0.4, -0.2) is 40.9 Å². The first-order valence-electron chi connectivity index (χ1n) is 5.91. The molecule has 1 N–H and O–H groups in total. The van der Waals surface area contributed by atoms with Crippen LogP contribution in [0.15, 0.2) is 15.8 Å². The van der Waals surface area contributed by atoms with E-state index >= 15 is 0 Å². The maximum absolute atomic E-state index is 11.9. The normalized spacial score (nSPS) is 10.9. The SMILES string of the molecule is CC(=O)c1c[nH]c(=O)n(CCCCN(C)C)c1=O. The molecular weight excluding hydrogens is 234 g/mol. The number of aromatic nitrogens is 2. The van der Waals surface area contributed by atoms with E-state index in [1.165, 1.54) is 13.1 Å². The van der Waals surface area contributed by atoms with Gasteiger partial charge in [-0.05, 0) is 40.4 Å². The Morgan fingerprint density at radius 1 is 1.33 bits per heavy atom. The third-order valence-corrected chi connectivity index (χ3v) is 2.68. The number of hydrogen-bond donors (Lipinski definition) is 1. The number of aromatic amines is 1. The van der Waals surface area contributed by atoms with Crippen molar-refractivity contribution in [1.29, 1.82) is 0 Å². The fourth-order valence-corrected chi connectivity index (χ4v) is 1.66. The second-order valence-corrected chi connectivity index (χ2v) is 4.53. The Labute approximate surface area is 105 Å². The van der Waals surface area contributed by atoms with Crippen molar-refractivity contribution < 1.29 is 4.79 Å². The number of hydrogen-bond acceptors (Lipinski definition) is 4. The summed E-state index contributed by atoms with van der Waals surface area (Å²) in [4.78, 5) is 39.1. The zero-order valence-corrected chi connectivity index (χ0v) is 11.0. The molecule has 0 radical (unpaired) electrons. The second kappa shape index (κ2) is 6.30. The number of carbonyl (C=O) groups is 1. The van der Waals surface area contributed by atoms with E-state index in [0.29, 0.717) is 6.54 Å². The second-order valence-electron chi connectivity index (χ2n) is 4.53. The van der Waals surface area contributed by atoms with E-state index in [-0.39, 0.29) is 11.3 Å². The summed E-state index contributed by atoms with van der Waals surface area (Å²) in [6, 6.07) is 0. The first-order chi connectivity index (χ1) is 8.43. The average Bonchev–Trinajstić information content (AvgIpc) is 2.26. The molecule has 0 amide bonds. The number of Topliss-reactive ketones (excluding diaryl/α,β-unsaturated/α-hetero) is 1. The summed E-state index contributed by atoms with van der Waals surface area (Å²) in [5.74, 6) is -0.335. The molecule has 0 atom stereocenters. The highest BCUT2D eigenvalue weighted by atomic mass is 16.2. The highest BCUT2D eigenvalue weighted by Gasteiger charge is 2.10. The van der Waals surface area contributed by atoms with Crippen LogP contribution in [0.3, 0.4) is 0 Å². The quantitative estimate of drug-likeness (QED) is 0.575. The lowest BCUT2D eigenvalue weighted by Crippen LogP contribution is -2.37. The lowest BCUT2D eigenvalue weighted by molar-refractivity contribution is 0.101. The van der Waals surface area contributed by atoms with Gasteiger partial charge in [0.2, 0.25) is 0 Å². The molecule has 0 aliphatic carbocycles. The zero-order chi connectivity index (χ0) is 13.7. The molecule has 0 aliphatic rings. The van der Waals surface area contributed by atoms with Gasteiger partial charge in [0.15, 0.2) is 5.78 Å². The van der Waals surface area contributed by atoms with E-state index in [2.05, 4.69) is 4.98 Å².